The monoisotopic (exact) mass is 936 g/mol. The average Bonchev–Trinajstić information content (AvgIpc) is 3.38. The molecule has 10 aliphatic rings. The summed E-state index contributed by atoms with van der Waals surface area (Å²) < 4.78 is 0. The third-order valence-corrected chi connectivity index (χ3v) is 25.9. The summed E-state index contributed by atoms with van der Waals surface area (Å²) in [6, 6.07) is 0.410. The van der Waals surface area contributed by atoms with Crippen LogP contribution in [0.3, 0.4) is 0 Å². The molecule has 2 N–H and O–H groups in total. The Hall–Kier alpha value is -0.0400. The Morgan fingerprint density at radius 2 is 1.00 bits per heavy atom. The molecule has 1 heteroatoms. The van der Waals surface area contributed by atoms with Gasteiger partial charge in [0.2, 0.25) is 0 Å². The summed E-state index contributed by atoms with van der Waals surface area (Å²) in [5.41, 5.74) is 9.55. The minimum absolute atomic E-state index is 0.410. The van der Waals surface area contributed by atoms with E-state index in [0.717, 1.165) is 100 Å². The number of rotatable bonds is 15. The van der Waals surface area contributed by atoms with Crippen molar-refractivity contribution in [3.63, 3.8) is 0 Å². The lowest BCUT2D eigenvalue weighted by Gasteiger charge is -2.58. The highest BCUT2D eigenvalue weighted by atomic mass is 14.7. The Morgan fingerprint density at radius 3 is 1.71 bits per heavy atom. The lowest BCUT2D eigenvalue weighted by molar-refractivity contribution is -0.0792. The molecule has 11 unspecified atom stereocenters. The maximum Gasteiger partial charge on any atom is 0.00957 e. The molecular formula is C67H117N. The predicted molar refractivity (Wildman–Crippen MR) is 292 cm³/mol. The molecule has 0 aromatic rings. The van der Waals surface area contributed by atoms with Gasteiger partial charge in [-0.15, -0.1) is 0 Å². The molecule has 10 fully saturated rings. The van der Waals surface area contributed by atoms with Gasteiger partial charge in [-0.3, -0.25) is 0 Å². The molecule has 0 aromatic carbocycles. The van der Waals surface area contributed by atoms with Gasteiger partial charge in [0, 0.05) is 6.04 Å². The van der Waals surface area contributed by atoms with Crippen molar-refractivity contribution >= 4 is 0 Å². The first kappa shape index (κ1) is 51.4. The smallest absolute Gasteiger partial charge is 0.00957 e. The molecule has 0 radical (unpaired) electrons. The van der Waals surface area contributed by atoms with Crippen LogP contribution in [0, 0.1) is 111 Å². The first-order valence-electron chi connectivity index (χ1n) is 33.1. The number of fused-ring (bicyclic) bond motifs is 4. The fourth-order valence-electron chi connectivity index (χ4n) is 23.0. The van der Waals surface area contributed by atoms with E-state index >= 15 is 0 Å². The van der Waals surface area contributed by atoms with Crippen LogP contribution in [0.5, 0.6) is 0 Å². The normalized spacial score (nSPS) is 40.7. The molecule has 68 heavy (non-hydrogen) atoms. The first-order chi connectivity index (χ1) is 33.3. The molecule has 10 aliphatic carbocycles. The molecule has 2 spiro atoms. The Kier molecular flexibility index (Phi) is 18.2. The van der Waals surface area contributed by atoms with Crippen molar-refractivity contribution in [3.05, 3.63) is 0 Å². The molecule has 0 aromatic heterocycles. The summed E-state index contributed by atoms with van der Waals surface area (Å²) in [4.78, 5) is 0. The lowest BCUT2D eigenvalue weighted by Crippen LogP contribution is -2.49. The number of nitrogens with two attached hydrogens (primary N) is 1. The maximum atomic E-state index is 8.15. The fourth-order valence-corrected chi connectivity index (χ4v) is 23.0. The van der Waals surface area contributed by atoms with E-state index in [9.17, 15) is 0 Å². The van der Waals surface area contributed by atoms with E-state index in [1.165, 1.54) is 128 Å². The summed E-state index contributed by atoms with van der Waals surface area (Å²) >= 11 is 0. The van der Waals surface area contributed by atoms with E-state index in [1.54, 1.807) is 154 Å². The van der Waals surface area contributed by atoms with Gasteiger partial charge in [-0.25, -0.2) is 0 Å². The highest BCUT2D eigenvalue weighted by molar-refractivity contribution is 5.05. The Labute approximate surface area is 424 Å². The van der Waals surface area contributed by atoms with Gasteiger partial charge in [-0.1, -0.05) is 207 Å². The van der Waals surface area contributed by atoms with E-state index < -0.39 is 0 Å². The molecule has 0 aliphatic heterocycles. The highest BCUT2D eigenvalue weighted by Gasteiger charge is 2.54. The second kappa shape index (κ2) is 24.1. The molecule has 10 rings (SSSR count). The van der Waals surface area contributed by atoms with Gasteiger partial charge < -0.3 is 5.73 Å². The molecule has 10 saturated carbocycles. The first-order valence-corrected chi connectivity index (χ1v) is 33.1. The summed E-state index contributed by atoms with van der Waals surface area (Å²) in [6.07, 6.45) is 68.0. The topological polar surface area (TPSA) is 26.0 Å². The number of hydrogen-bond acceptors (Lipinski definition) is 1. The molecule has 0 amide bonds. The summed E-state index contributed by atoms with van der Waals surface area (Å²) in [5.74, 6) is 16.4. The van der Waals surface area contributed by atoms with Crippen molar-refractivity contribution in [2.45, 2.75) is 309 Å². The number of hydrogen-bond donors (Lipinski definition) is 1. The van der Waals surface area contributed by atoms with Gasteiger partial charge in [-0.05, 0) is 208 Å². The van der Waals surface area contributed by atoms with Crippen LogP contribution in [0.25, 0.3) is 0 Å². The van der Waals surface area contributed by atoms with Gasteiger partial charge in [0.15, 0.2) is 0 Å². The highest BCUT2D eigenvalue weighted by Crippen LogP contribution is 2.64. The van der Waals surface area contributed by atoms with Crippen molar-refractivity contribution in [3.8, 4) is 0 Å². The van der Waals surface area contributed by atoms with Crippen LogP contribution in [0.1, 0.15) is 303 Å². The molecule has 16 atom stereocenters. The van der Waals surface area contributed by atoms with Crippen molar-refractivity contribution in [1.29, 1.82) is 0 Å². The lowest BCUT2D eigenvalue weighted by atomic mass is 9.47. The zero-order valence-electron chi connectivity index (χ0n) is 46.1. The van der Waals surface area contributed by atoms with Crippen LogP contribution in [0.15, 0.2) is 0 Å². The average molecular weight is 937 g/mol. The third kappa shape index (κ3) is 11.7. The Balaban J connectivity index is 0.911. The van der Waals surface area contributed by atoms with Gasteiger partial charge in [-0.2, -0.15) is 0 Å². The maximum absolute atomic E-state index is 8.15. The van der Waals surface area contributed by atoms with Crippen molar-refractivity contribution in [2.24, 2.45) is 117 Å². The zero-order chi connectivity index (χ0) is 46.5. The fraction of sp³-hybridized carbons (Fsp3) is 1.00. The van der Waals surface area contributed by atoms with Crippen molar-refractivity contribution in [1.82, 2.24) is 0 Å². The second-order valence-corrected chi connectivity index (χ2v) is 29.6. The Bertz CT molecular complexity index is 1470. The van der Waals surface area contributed by atoms with E-state index in [0.29, 0.717) is 17.4 Å². The molecule has 0 saturated heterocycles. The molecular weight excluding hydrogens is 819 g/mol. The largest absolute Gasteiger partial charge is 0.327 e. The van der Waals surface area contributed by atoms with Crippen LogP contribution in [-0.2, 0) is 0 Å². The molecule has 1 nitrogen and oxygen atoms in total. The molecule has 0 heterocycles. The van der Waals surface area contributed by atoms with E-state index in [2.05, 4.69) is 20.8 Å². The van der Waals surface area contributed by atoms with Gasteiger partial charge in [0.05, 0.1) is 0 Å². The third-order valence-electron chi connectivity index (χ3n) is 25.9. The van der Waals surface area contributed by atoms with Crippen LogP contribution < -0.4 is 5.73 Å². The molecule has 0 bridgehead atoms. The van der Waals surface area contributed by atoms with E-state index in [4.69, 9.17) is 5.73 Å². The van der Waals surface area contributed by atoms with Crippen LogP contribution in [0.4, 0.5) is 0 Å². The second-order valence-electron chi connectivity index (χ2n) is 29.6. The van der Waals surface area contributed by atoms with Gasteiger partial charge >= 0.3 is 0 Å². The van der Waals surface area contributed by atoms with E-state index in [1.807, 2.05) is 0 Å². The van der Waals surface area contributed by atoms with Crippen LogP contribution in [-0.4, -0.2) is 6.04 Å². The minimum Gasteiger partial charge on any atom is -0.327 e. The minimum atomic E-state index is 0.410. The standard InChI is InChI=1S/C67H117N/c1-4-50(40-51-23-9-5-10-24-51)41-59(44-61(52-25-11-6-12-26-52)58-33-22-38-67(46-58)45-48(2)39-54-29-15-18-35-63(54)67)49(3)65(68)57-32-21-31-56(43-57)64(53-27-13-7-14-28-53)60-42-55-30-16-17-34-62(55)66(47-60)36-19-8-20-37-66/h48-65H,4-47,68H2,1-3H3/t48?,49?,50-,54?,55?,56+,57?,58+,59-,60?,61+,62?,63?,64?,65?,67?/m1/s1. The molecule has 390 valence electrons. The van der Waals surface area contributed by atoms with E-state index in [-0.39, 0.29) is 0 Å². The summed E-state index contributed by atoms with van der Waals surface area (Å²) in [6.45, 7) is 8.10. The zero-order valence-corrected chi connectivity index (χ0v) is 46.1. The quantitative estimate of drug-likeness (QED) is 0.174. The van der Waals surface area contributed by atoms with Crippen molar-refractivity contribution < 1.29 is 0 Å². The van der Waals surface area contributed by atoms with Crippen molar-refractivity contribution in [2.75, 3.05) is 0 Å². The van der Waals surface area contributed by atoms with Crippen LogP contribution >= 0.6 is 0 Å². The SMILES string of the molecule is CC[C@H](CC1CCCCC1)C[C@H](C[C@@H](C1CCCCC1)[C@H]1CCCC2(CC(C)CC3CCCCC32)C1)C(C)C(N)C1CCC[C@H](C(C2CCCCC2)C2CC3CCCCC3C3(CCCCC3)C2)C1. The Morgan fingerprint density at radius 1 is 0.456 bits per heavy atom. The summed E-state index contributed by atoms with van der Waals surface area (Å²) in [5, 5.41) is 0. The predicted octanol–water partition coefficient (Wildman–Crippen LogP) is 20.1. The summed E-state index contributed by atoms with van der Waals surface area (Å²) in [7, 11) is 0. The van der Waals surface area contributed by atoms with Gasteiger partial charge in [0.25, 0.3) is 0 Å². The van der Waals surface area contributed by atoms with Crippen LogP contribution in [0.2, 0.25) is 0 Å². The van der Waals surface area contributed by atoms with Gasteiger partial charge in [0.1, 0.15) is 0 Å².